The molecule has 0 fully saturated rings. The van der Waals surface area contributed by atoms with E-state index in [1.807, 2.05) is 12.1 Å². The highest BCUT2D eigenvalue weighted by Gasteiger charge is 2.19. The van der Waals surface area contributed by atoms with Gasteiger partial charge in [0.25, 0.3) is 11.6 Å². The molecule has 0 unspecified atom stereocenters. The molecule has 0 saturated heterocycles. The van der Waals surface area contributed by atoms with Gasteiger partial charge in [-0.2, -0.15) is 0 Å². The number of hydrogen-bond donors (Lipinski definition) is 3. The van der Waals surface area contributed by atoms with E-state index in [0.717, 1.165) is 22.5 Å². The summed E-state index contributed by atoms with van der Waals surface area (Å²) in [6.07, 6.45) is 1.08. The van der Waals surface area contributed by atoms with Crippen molar-refractivity contribution in [1.29, 1.82) is 0 Å². The van der Waals surface area contributed by atoms with Gasteiger partial charge in [0.15, 0.2) is 5.13 Å². The molecule has 2 aromatic carbocycles. The molecule has 0 saturated carbocycles. The lowest BCUT2D eigenvalue weighted by Crippen LogP contribution is -2.26. The molecule has 0 spiro atoms. The molecule has 0 aliphatic carbocycles. The molecule has 37 heavy (non-hydrogen) atoms. The van der Waals surface area contributed by atoms with Crippen molar-refractivity contribution in [2.45, 2.75) is 26.3 Å². The number of aromatic nitrogens is 1. The monoisotopic (exact) mass is 524 g/mol. The van der Waals surface area contributed by atoms with Crippen molar-refractivity contribution < 1.29 is 24.4 Å². The number of benzene rings is 2. The summed E-state index contributed by atoms with van der Waals surface area (Å²) in [5.41, 5.74) is 2.56. The molecule has 1 aromatic heterocycles. The van der Waals surface area contributed by atoms with Crippen molar-refractivity contribution in [3.05, 3.63) is 80.3 Å². The number of carboxylic acid groups (broad SMARTS) is 1. The summed E-state index contributed by atoms with van der Waals surface area (Å²) in [6.45, 7) is 1.63. The van der Waals surface area contributed by atoms with Crippen molar-refractivity contribution in [2.75, 3.05) is 12.4 Å². The number of amides is 3. The van der Waals surface area contributed by atoms with Gasteiger partial charge in [-0.3, -0.25) is 25.0 Å². The predicted octanol–water partition coefficient (Wildman–Crippen LogP) is 3.99. The van der Waals surface area contributed by atoms with Crippen LogP contribution in [0.1, 0.15) is 33.4 Å². The van der Waals surface area contributed by atoms with Gasteiger partial charge >= 0.3 is 6.09 Å². The van der Waals surface area contributed by atoms with Crippen LogP contribution in [0.25, 0.3) is 0 Å². The first-order valence-corrected chi connectivity index (χ1v) is 11.8. The number of nitro groups is 1. The number of rotatable bonds is 10. The Morgan fingerprint density at radius 2 is 1.81 bits per heavy atom. The number of aliphatic imine (C=N–C) groups is 1. The van der Waals surface area contributed by atoms with Gasteiger partial charge in [-0.05, 0) is 42.7 Å². The molecule has 3 aromatic rings. The number of non-ortho nitro benzene ring substituents is 1. The average molecular weight is 525 g/mol. The number of thiazole rings is 1. The van der Waals surface area contributed by atoms with Gasteiger partial charge in [-0.25, -0.2) is 14.8 Å². The minimum Gasteiger partial charge on any atom is -0.465 e. The van der Waals surface area contributed by atoms with Crippen LogP contribution in [0.3, 0.4) is 0 Å². The highest BCUT2D eigenvalue weighted by molar-refractivity contribution is 7.15. The van der Waals surface area contributed by atoms with E-state index in [9.17, 15) is 24.5 Å². The smallest absolute Gasteiger partial charge is 0.409 e. The van der Waals surface area contributed by atoms with Crippen LogP contribution in [0.2, 0.25) is 0 Å². The van der Waals surface area contributed by atoms with Crippen molar-refractivity contribution in [3.8, 4) is 0 Å². The van der Waals surface area contributed by atoms with E-state index in [2.05, 4.69) is 20.6 Å². The van der Waals surface area contributed by atoms with Crippen molar-refractivity contribution in [1.82, 2.24) is 15.2 Å². The van der Waals surface area contributed by atoms with Crippen LogP contribution in [0.4, 0.5) is 21.3 Å². The Balaban J connectivity index is 1.70. The zero-order chi connectivity index (χ0) is 26.9. The molecule has 0 aliphatic rings. The number of anilines is 1. The Kier molecular flexibility index (Phi) is 9.00. The summed E-state index contributed by atoms with van der Waals surface area (Å²) in [4.78, 5) is 56.1. The molecule has 13 heteroatoms. The maximum Gasteiger partial charge on any atom is 0.409 e. The first kappa shape index (κ1) is 26.9. The Bertz CT molecular complexity index is 1320. The van der Waals surface area contributed by atoms with Crippen LogP contribution in [-0.2, 0) is 24.2 Å². The molecule has 3 rings (SSSR count). The fourth-order valence-corrected chi connectivity index (χ4v) is 4.42. The molecular formula is C24H24N6O6S. The van der Waals surface area contributed by atoms with E-state index < -0.39 is 11.0 Å². The maximum absolute atomic E-state index is 12.9. The molecule has 3 amide bonds. The Morgan fingerprint density at radius 1 is 1.14 bits per heavy atom. The van der Waals surface area contributed by atoms with Crippen molar-refractivity contribution in [2.24, 2.45) is 4.99 Å². The van der Waals surface area contributed by atoms with Gasteiger partial charge in [0, 0.05) is 36.5 Å². The van der Waals surface area contributed by atoms with Gasteiger partial charge in [-0.1, -0.05) is 23.5 Å². The first-order valence-electron chi connectivity index (χ1n) is 11.0. The van der Waals surface area contributed by atoms with E-state index in [0.29, 0.717) is 29.2 Å². The van der Waals surface area contributed by atoms with Gasteiger partial charge in [0.2, 0.25) is 5.91 Å². The van der Waals surface area contributed by atoms with Crippen LogP contribution in [0.5, 0.6) is 0 Å². The number of carbonyl (C=O) groups is 3. The number of nitro benzene ring substituents is 1. The lowest BCUT2D eigenvalue weighted by molar-refractivity contribution is -0.384. The molecule has 3 N–H and O–H groups in total. The van der Waals surface area contributed by atoms with Gasteiger partial charge in [-0.15, -0.1) is 0 Å². The molecule has 0 radical (unpaired) electrons. The van der Waals surface area contributed by atoms with E-state index >= 15 is 0 Å². The molecular weight excluding hydrogens is 500 g/mol. The maximum atomic E-state index is 12.9. The van der Waals surface area contributed by atoms with Gasteiger partial charge in [0.05, 0.1) is 29.2 Å². The molecule has 0 aliphatic heterocycles. The summed E-state index contributed by atoms with van der Waals surface area (Å²) < 4.78 is 0. The first-order chi connectivity index (χ1) is 17.6. The minimum atomic E-state index is -1.20. The van der Waals surface area contributed by atoms with Crippen LogP contribution in [0, 0.1) is 10.1 Å². The lowest BCUT2D eigenvalue weighted by Gasteiger charge is -2.17. The zero-order valence-corrected chi connectivity index (χ0v) is 20.8. The quantitative estimate of drug-likeness (QED) is 0.156. The number of aryl methyl sites for hydroxylation is 2. The zero-order valence-electron chi connectivity index (χ0n) is 20.0. The second-order valence-corrected chi connectivity index (χ2v) is 8.99. The third kappa shape index (κ3) is 7.93. The number of nitrogens with one attached hydrogen (secondary N) is 2. The predicted molar refractivity (Wildman–Crippen MR) is 138 cm³/mol. The lowest BCUT2D eigenvalue weighted by atomic mass is 10.1. The average Bonchev–Trinajstić information content (AvgIpc) is 3.22. The topological polar surface area (TPSA) is 167 Å². The SMILES string of the molecule is CC(=O)Nc1nc(CCc2ccc(N=CNC(=O)O)cc2)c(CN(C)C(=O)c2ccc([N+](=O)[O-])cc2)s1. The number of nitrogens with zero attached hydrogens (tertiary/aromatic N) is 4. The molecule has 0 bridgehead atoms. The van der Waals surface area contributed by atoms with Crippen LogP contribution >= 0.6 is 11.3 Å². The molecule has 0 atom stereocenters. The van der Waals surface area contributed by atoms with Crippen molar-refractivity contribution >= 4 is 52.1 Å². The molecule has 12 nitrogen and oxygen atoms in total. The fourth-order valence-electron chi connectivity index (χ4n) is 3.31. The third-order valence-electron chi connectivity index (χ3n) is 5.10. The van der Waals surface area contributed by atoms with E-state index in [-0.39, 0.29) is 24.0 Å². The van der Waals surface area contributed by atoms with Crippen LogP contribution < -0.4 is 10.6 Å². The standard InChI is InChI=1S/C24H24N6O6S/c1-15(31)27-23-28-20(12-5-16-3-8-18(9-4-16)25-14-26-24(33)34)21(37-23)13-29(2)22(32)17-6-10-19(11-7-17)30(35)36/h3-4,6-11,14H,5,12-13H2,1-2H3,(H,25,26)(H,33,34)(H,27,28,31). The summed E-state index contributed by atoms with van der Waals surface area (Å²) in [5.74, 6) is -0.556. The second-order valence-electron chi connectivity index (χ2n) is 7.91. The highest BCUT2D eigenvalue weighted by atomic mass is 32.1. The summed E-state index contributed by atoms with van der Waals surface area (Å²) in [7, 11) is 1.63. The molecule has 192 valence electrons. The number of hydrogen-bond acceptors (Lipinski definition) is 8. The summed E-state index contributed by atoms with van der Waals surface area (Å²) >= 11 is 1.28. The van der Waals surface area contributed by atoms with Crippen LogP contribution in [-0.4, -0.2) is 51.2 Å². The molecule has 1 heterocycles. The Labute approximate surface area is 215 Å². The van der Waals surface area contributed by atoms with Crippen molar-refractivity contribution in [3.63, 3.8) is 0 Å². The normalized spacial score (nSPS) is 10.8. The van der Waals surface area contributed by atoms with E-state index in [1.165, 1.54) is 47.4 Å². The minimum absolute atomic E-state index is 0.0966. The Hall–Kier alpha value is -4.65. The van der Waals surface area contributed by atoms with E-state index in [1.54, 1.807) is 19.2 Å². The largest absolute Gasteiger partial charge is 0.465 e. The van der Waals surface area contributed by atoms with E-state index in [4.69, 9.17) is 5.11 Å². The van der Waals surface area contributed by atoms with Gasteiger partial charge in [0.1, 0.15) is 0 Å². The fraction of sp³-hybridized carbons (Fsp3) is 0.208. The summed E-state index contributed by atoms with van der Waals surface area (Å²) in [5, 5.41) is 24.6. The Morgan fingerprint density at radius 3 is 2.41 bits per heavy atom. The number of carbonyl (C=O) groups excluding carboxylic acids is 2. The second kappa shape index (κ2) is 12.4. The summed E-state index contributed by atoms with van der Waals surface area (Å²) in [6, 6.07) is 12.7. The third-order valence-corrected chi connectivity index (χ3v) is 6.10. The van der Waals surface area contributed by atoms with Crippen LogP contribution in [0.15, 0.2) is 53.5 Å². The van der Waals surface area contributed by atoms with Gasteiger partial charge < -0.3 is 15.3 Å². The highest BCUT2D eigenvalue weighted by Crippen LogP contribution is 2.27.